The lowest BCUT2D eigenvalue weighted by molar-refractivity contribution is -0.143. The molecule has 116 valence electrons. The van der Waals surface area contributed by atoms with Gasteiger partial charge in [-0.05, 0) is 6.42 Å². The highest BCUT2D eigenvalue weighted by Crippen LogP contribution is 2.29. The van der Waals surface area contributed by atoms with E-state index in [4.69, 9.17) is 5.11 Å². The Morgan fingerprint density at radius 2 is 1.90 bits per heavy atom. The van der Waals surface area contributed by atoms with Crippen molar-refractivity contribution in [2.45, 2.75) is 26.3 Å². The number of aliphatic carboxylic acids is 1. The number of carbonyl (C=O) groups is 4. The summed E-state index contributed by atoms with van der Waals surface area (Å²) in [4.78, 5) is 46.6. The lowest BCUT2D eigenvalue weighted by Gasteiger charge is -2.34. The van der Waals surface area contributed by atoms with Crippen LogP contribution in [0.25, 0.3) is 0 Å². The molecule has 0 spiro atoms. The van der Waals surface area contributed by atoms with Crippen LogP contribution in [0.4, 0.5) is 0 Å². The van der Waals surface area contributed by atoms with Crippen molar-refractivity contribution in [3.63, 3.8) is 0 Å². The van der Waals surface area contributed by atoms with E-state index in [-0.39, 0.29) is 19.0 Å². The fourth-order valence-corrected chi connectivity index (χ4v) is 2.71. The first-order valence-corrected chi connectivity index (χ1v) is 6.81. The number of hydrogen-bond donors (Lipinski definition) is 4. The Balaban J connectivity index is 2.02. The summed E-state index contributed by atoms with van der Waals surface area (Å²) < 4.78 is 0. The van der Waals surface area contributed by atoms with Gasteiger partial charge in [0.25, 0.3) is 0 Å². The second-order valence-electron chi connectivity index (χ2n) is 6.17. The molecule has 0 aliphatic carbocycles. The smallest absolute Gasteiger partial charge is 0.310 e. The number of carbonyl (C=O) groups excluding carboxylic acids is 3. The molecule has 8 nitrogen and oxygen atoms in total. The molecule has 8 heteroatoms. The summed E-state index contributed by atoms with van der Waals surface area (Å²) in [5.74, 6) is -3.58. The zero-order chi connectivity index (χ0) is 15.8. The number of piperidine rings is 1. The van der Waals surface area contributed by atoms with Crippen molar-refractivity contribution in [3.8, 4) is 0 Å². The normalized spacial score (nSPS) is 31.2. The lowest BCUT2D eigenvalue weighted by Crippen LogP contribution is -2.54. The molecule has 0 bridgehead atoms. The van der Waals surface area contributed by atoms with Crippen LogP contribution in [-0.2, 0) is 19.2 Å². The van der Waals surface area contributed by atoms with Crippen molar-refractivity contribution in [1.82, 2.24) is 16.0 Å². The molecule has 4 N–H and O–H groups in total. The Labute approximate surface area is 121 Å². The topological polar surface area (TPSA) is 125 Å². The maximum Gasteiger partial charge on any atom is 0.310 e. The van der Waals surface area contributed by atoms with Gasteiger partial charge >= 0.3 is 5.97 Å². The minimum absolute atomic E-state index is 0.00596. The number of amides is 3. The van der Waals surface area contributed by atoms with Crippen LogP contribution >= 0.6 is 0 Å². The van der Waals surface area contributed by atoms with Gasteiger partial charge in [-0.1, -0.05) is 13.8 Å². The molecule has 3 atom stereocenters. The summed E-state index contributed by atoms with van der Waals surface area (Å²) in [7, 11) is 0. The van der Waals surface area contributed by atoms with E-state index in [1.54, 1.807) is 13.8 Å². The molecule has 0 aromatic rings. The molecule has 0 aromatic carbocycles. The van der Waals surface area contributed by atoms with Gasteiger partial charge < -0.3 is 21.1 Å². The first kappa shape index (κ1) is 15.3. The maximum atomic E-state index is 12.2. The zero-order valence-electron chi connectivity index (χ0n) is 11.9. The highest BCUT2D eigenvalue weighted by atomic mass is 16.4. The van der Waals surface area contributed by atoms with Gasteiger partial charge in [0.1, 0.15) is 12.0 Å². The summed E-state index contributed by atoms with van der Waals surface area (Å²) >= 11 is 0. The second kappa shape index (κ2) is 5.34. The fourth-order valence-electron chi connectivity index (χ4n) is 2.71. The quantitative estimate of drug-likeness (QED) is 0.503. The molecular formula is C13H19N3O5. The van der Waals surface area contributed by atoms with Crippen LogP contribution in [0.1, 0.15) is 20.3 Å². The Bertz CT molecular complexity index is 502. The van der Waals surface area contributed by atoms with Crippen molar-refractivity contribution >= 4 is 23.7 Å². The van der Waals surface area contributed by atoms with E-state index >= 15 is 0 Å². The number of carboxylic acids is 1. The number of nitrogens with one attached hydrogen (secondary N) is 3. The predicted molar refractivity (Wildman–Crippen MR) is 71.0 cm³/mol. The Hall–Kier alpha value is -2.12. The van der Waals surface area contributed by atoms with Crippen molar-refractivity contribution in [2.75, 3.05) is 13.1 Å². The fraction of sp³-hybridized carbons (Fsp3) is 0.692. The highest BCUT2D eigenvalue weighted by molar-refractivity contribution is 5.95. The Morgan fingerprint density at radius 3 is 2.48 bits per heavy atom. The van der Waals surface area contributed by atoms with E-state index in [9.17, 15) is 19.2 Å². The maximum absolute atomic E-state index is 12.2. The van der Waals surface area contributed by atoms with Gasteiger partial charge in [0, 0.05) is 18.5 Å². The molecule has 2 aliphatic heterocycles. The molecule has 2 aliphatic rings. The van der Waals surface area contributed by atoms with E-state index in [1.165, 1.54) is 0 Å². The van der Waals surface area contributed by atoms with E-state index in [0.29, 0.717) is 6.42 Å². The van der Waals surface area contributed by atoms with E-state index in [1.807, 2.05) is 0 Å². The highest BCUT2D eigenvalue weighted by Gasteiger charge is 2.43. The van der Waals surface area contributed by atoms with Gasteiger partial charge in [0.05, 0.1) is 5.92 Å². The molecule has 2 saturated heterocycles. The van der Waals surface area contributed by atoms with Gasteiger partial charge in [-0.2, -0.15) is 0 Å². The second-order valence-corrected chi connectivity index (χ2v) is 6.17. The van der Waals surface area contributed by atoms with Crippen LogP contribution in [0.15, 0.2) is 0 Å². The molecule has 2 rings (SSSR count). The van der Waals surface area contributed by atoms with Gasteiger partial charge in [-0.25, -0.2) is 0 Å². The lowest BCUT2D eigenvalue weighted by atomic mass is 9.78. The number of carboxylic acid groups (broad SMARTS) is 1. The van der Waals surface area contributed by atoms with Gasteiger partial charge in [0.15, 0.2) is 0 Å². The van der Waals surface area contributed by atoms with E-state index in [0.717, 1.165) is 0 Å². The van der Waals surface area contributed by atoms with Gasteiger partial charge in [-0.15, -0.1) is 0 Å². The summed E-state index contributed by atoms with van der Waals surface area (Å²) in [6, 6.07) is -1.06. The third-order valence-corrected chi connectivity index (χ3v) is 4.05. The number of hydrogen-bond acceptors (Lipinski definition) is 4. The van der Waals surface area contributed by atoms with Gasteiger partial charge in [-0.3, -0.25) is 19.2 Å². The molecule has 0 saturated carbocycles. The third kappa shape index (κ3) is 2.98. The van der Waals surface area contributed by atoms with Crippen molar-refractivity contribution in [2.24, 2.45) is 17.3 Å². The zero-order valence-corrected chi connectivity index (χ0v) is 11.9. The molecule has 2 heterocycles. The average Bonchev–Trinajstić information content (AvgIpc) is 2.74. The number of rotatable bonds is 3. The van der Waals surface area contributed by atoms with E-state index in [2.05, 4.69) is 16.0 Å². The Kier molecular flexibility index (Phi) is 3.89. The summed E-state index contributed by atoms with van der Waals surface area (Å²) in [6.07, 6.45) is 0.358. The van der Waals surface area contributed by atoms with Crippen molar-refractivity contribution < 1.29 is 24.3 Å². The van der Waals surface area contributed by atoms with Crippen LogP contribution < -0.4 is 16.0 Å². The largest absolute Gasteiger partial charge is 0.481 e. The van der Waals surface area contributed by atoms with Crippen molar-refractivity contribution in [1.29, 1.82) is 0 Å². The first-order chi connectivity index (χ1) is 9.72. The van der Waals surface area contributed by atoms with Crippen LogP contribution in [0.5, 0.6) is 0 Å². The molecule has 3 amide bonds. The summed E-state index contributed by atoms with van der Waals surface area (Å²) in [5.41, 5.74) is -0.662. The summed E-state index contributed by atoms with van der Waals surface area (Å²) in [6.45, 7) is 3.68. The molecular weight excluding hydrogens is 278 g/mol. The monoisotopic (exact) mass is 297 g/mol. The molecule has 1 unspecified atom stereocenters. The van der Waals surface area contributed by atoms with Crippen molar-refractivity contribution in [3.05, 3.63) is 0 Å². The standard InChI is InChI=1S/C13H19N3O5/c1-13(2)3-6(4-15-12(13)21)9(17)16-8-7(11(19)20)5-14-10(8)18/h6-8H,3-5H2,1-2H3,(H,14,18)(H,15,21)(H,16,17)(H,19,20)/t6?,7-,8+/m0/s1. The molecule has 0 radical (unpaired) electrons. The molecule has 21 heavy (non-hydrogen) atoms. The predicted octanol–water partition coefficient (Wildman–Crippen LogP) is -1.54. The van der Waals surface area contributed by atoms with Gasteiger partial charge in [0.2, 0.25) is 17.7 Å². The summed E-state index contributed by atoms with van der Waals surface area (Å²) in [5, 5.41) is 16.6. The molecule has 0 aromatic heterocycles. The average molecular weight is 297 g/mol. The van der Waals surface area contributed by atoms with E-state index < -0.39 is 41.1 Å². The minimum Gasteiger partial charge on any atom is -0.481 e. The van der Waals surface area contributed by atoms with Crippen LogP contribution in [0, 0.1) is 17.3 Å². The Morgan fingerprint density at radius 1 is 1.24 bits per heavy atom. The molecule has 2 fully saturated rings. The van der Waals surface area contributed by atoms with Crippen LogP contribution in [0.3, 0.4) is 0 Å². The van der Waals surface area contributed by atoms with Crippen LogP contribution in [-0.4, -0.2) is 47.9 Å². The third-order valence-electron chi connectivity index (χ3n) is 4.05. The van der Waals surface area contributed by atoms with Crippen LogP contribution in [0.2, 0.25) is 0 Å². The minimum atomic E-state index is -1.13. The first-order valence-electron chi connectivity index (χ1n) is 6.81. The SMILES string of the molecule is CC1(C)CC(C(=O)N[C@H]2C(=O)NC[C@@H]2C(=O)O)CNC1=O.